The molecule has 2 aromatic heterocycles. The first kappa shape index (κ1) is 55.3. The number of nitrogens with zero attached hydrogens (tertiary/aromatic N) is 4. The monoisotopic (exact) mass is 989 g/mol. The molecule has 0 saturated carbocycles. The third kappa shape index (κ3) is 19.1. The number of hydrogen-bond donors (Lipinski definition) is 10. The molecule has 2 amide bonds. The summed E-state index contributed by atoms with van der Waals surface area (Å²) in [5.74, 6) is -1.16. The van der Waals surface area contributed by atoms with E-state index in [-0.39, 0.29) is 41.6 Å². The molecule has 1 fully saturated rings. The minimum absolute atomic E-state index is 0.0270. The van der Waals surface area contributed by atoms with E-state index in [4.69, 9.17) is 19.5 Å². The van der Waals surface area contributed by atoms with Gasteiger partial charge in [-0.3, -0.25) is 32.5 Å². The standard InChI is InChI=1S/C35H58N7O18P3S/c1-4-5-6-7-8-9-12-23(43)13-10-11-14-26(45)64-18-17-37-25(44)15-16-38-33(48)30(47)35(2,3)20-57-63(54,55)60-62(52,53)56-19-24-29(59-61(49,50)51)28(46)34(58-24)42-22-41-27-31(36)39-21-40-32(27)42/h6-9,21-24,28-30,34,43,46-47H,4-5,10-20H2,1-3H3,(H,37,44)(H,38,48)(H,52,53)(H,54,55)(H2,36,39,40)(H2,49,50,51)/b7-6+,9-8+. The van der Waals surface area contributed by atoms with Crippen LogP contribution in [-0.2, 0) is 50.7 Å². The van der Waals surface area contributed by atoms with Gasteiger partial charge in [-0.2, -0.15) is 4.31 Å². The summed E-state index contributed by atoms with van der Waals surface area (Å²) in [6, 6.07) is 0. The topological polar surface area (TPSA) is 384 Å². The third-order valence-electron chi connectivity index (χ3n) is 9.18. The van der Waals surface area contributed by atoms with Crippen LogP contribution in [0, 0.1) is 5.41 Å². The fraction of sp³-hybridized carbons (Fsp3) is 0.657. The summed E-state index contributed by atoms with van der Waals surface area (Å²) in [6.45, 7) is 2.53. The molecular formula is C35H58N7O18P3S. The molecule has 11 N–H and O–H groups in total. The summed E-state index contributed by atoms with van der Waals surface area (Å²) in [4.78, 5) is 88.1. The number of fused-ring (bicyclic) bond motifs is 1. The maximum absolute atomic E-state index is 12.7. The number of carbonyl (C=O) groups excluding carboxylic acids is 3. The number of rotatable bonds is 29. The Labute approximate surface area is 373 Å². The van der Waals surface area contributed by atoms with E-state index in [2.05, 4.69) is 47.4 Å². The van der Waals surface area contributed by atoms with Crippen molar-refractivity contribution in [1.29, 1.82) is 0 Å². The molecule has 25 nitrogen and oxygen atoms in total. The van der Waals surface area contributed by atoms with E-state index in [0.717, 1.165) is 41.8 Å². The van der Waals surface area contributed by atoms with Crippen molar-refractivity contribution in [2.45, 2.75) is 109 Å². The molecule has 8 atom stereocenters. The lowest BCUT2D eigenvalue weighted by atomic mass is 9.87. The molecule has 1 aliphatic rings. The SMILES string of the molecule is CCC/C=C/C=C/CC(O)CCCCC(=O)SCCNC(=O)CCNC(=O)C(O)C(C)(C)COP(=O)(O)OP(=O)(O)OCC1OC(n2cnc3c(N)ncnc32)C(O)C1OP(=O)(O)O. The Morgan fingerprint density at radius 2 is 1.70 bits per heavy atom. The number of ether oxygens (including phenoxy) is 1. The molecule has 0 aromatic carbocycles. The first-order chi connectivity index (χ1) is 29.9. The van der Waals surface area contributed by atoms with Gasteiger partial charge in [-0.25, -0.2) is 28.6 Å². The zero-order valence-corrected chi connectivity index (χ0v) is 38.9. The van der Waals surface area contributed by atoms with Gasteiger partial charge >= 0.3 is 23.5 Å². The maximum atomic E-state index is 12.7. The number of phosphoric acid groups is 3. The van der Waals surface area contributed by atoms with E-state index in [1.165, 1.54) is 13.8 Å². The number of imidazole rings is 1. The zero-order chi connectivity index (χ0) is 47.7. The molecule has 8 unspecified atom stereocenters. The number of unbranched alkanes of at least 4 members (excludes halogenated alkanes) is 2. The van der Waals surface area contributed by atoms with Gasteiger partial charge in [0.25, 0.3) is 0 Å². The summed E-state index contributed by atoms with van der Waals surface area (Å²) >= 11 is 1.07. The van der Waals surface area contributed by atoms with E-state index in [0.29, 0.717) is 37.9 Å². The number of aliphatic hydroxyl groups is 3. The highest BCUT2D eigenvalue weighted by Gasteiger charge is 2.50. The predicted molar refractivity (Wildman–Crippen MR) is 229 cm³/mol. The van der Waals surface area contributed by atoms with Crippen LogP contribution in [0.4, 0.5) is 5.82 Å². The lowest BCUT2D eigenvalue weighted by Crippen LogP contribution is -2.46. The number of hydrogen-bond acceptors (Lipinski definition) is 19. The Kier molecular flexibility index (Phi) is 22.3. The molecule has 29 heteroatoms. The number of anilines is 1. The minimum atomic E-state index is -5.58. The van der Waals surface area contributed by atoms with Crippen LogP contribution in [-0.4, -0.2) is 134 Å². The van der Waals surface area contributed by atoms with Crippen molar-refractivity contribution < 1.29 is 85.6 Å². The second-order valence-electron chi connectivity index (χ2n) is 15.1. The number of aliphatic hydroxyl groups excluding tert-OH is 3. The lowest BCUT2D eigenvalue weighted by molar-refractivity contribution is -0.137. The van der Waals surface area contributed by atoms with Crippen LogP contribution in [0.1, 0.15) is 78.4 Å². The molecule has 0 bridgehead atoms. The maximum Gasteiger partial charge on any atom is 0.481 e. The number of allylic oxidation sites excluding steroid dienone is 3. The number of amides is 2. The van der Waals surface area contributed by atoms with Crippen molar-refractivity contribution in [3.8, 4) is 0 Å². The number of nitrogens with one attached hydrogen (secondary N) is 2. The number of phosphoric ester groups is 3. The van der Waals surface area contributed by atoms with Crippen molar-refractivity contribution in [3.05, 3.63) is 37.0 Å². The highest BCUT2D eigenvalue weighted by atomic mass is 32.2. The highest BCUT2D eigenvalue weighted by Crippen LogP contribution is 2.61. The average molecular weight is 990 g/mol. The van der Waals surface area contributed by atoms with E-state index < -0.39 is 90.7 Å². The molecule has 0 aliphatic carbocycles. The van der Waals surface area contributed by atoms with Crippen LogP contribution in [0.2, 0.25) is 0 Å². The Morgan fingerprint density at radius 1 is 1.00 bits per heavy atom. The van der Waals surface area contributed by atoms with Crippen LogP contribution in [0.25, 0.3) is 11.2 Å². The summed E-state index contributed by atoms with van der Waals surface area (Å²) < 4.78 is 62.3. The molecule has 0 radical (unpaired) electrons. The van der Waals surface area contributed by atoms with Crippen molar-refractivity contribution in [2.75, 3.05) is 37.8 Å². The van der Waals surface area contributed by atoms with E-state index >= 15 is 0 Å². The van der Waals surface area contributed by atoms with E-state index in [1.807, 2.05) is 18.2 Å². The van der Waals surface area contributed by atoms with E-state index in [9.17, 15) is 63.0 Å². The molecule has 362 valence electrons. The smallest absolute Gasteiger partial charge is 0.393 e. The Balaban J connectivity index is 1.37. The first-order valence-corrected chi connectivity index (χ1v) is 25.5. The summed E-state index contributed by atoms with van der Waals surface area (Å²) in [5, 5.41) is 36.5. The Morgan fingerprint density at radius 3 is 2.41 bits per heavy atom. The van der Waals surface area contributed by atoms with Crippen molar-refractivity contribution in [3.63, 3.8) is 0 Å². The number of carbonyl (C=O) groups is 3. The lowest BCUT2D eigenvalue weighted by Gasteiger charge is -2.30. The molecule has 64 heavy (non-hydrogen) atoms. The van der Waals surface area contributed by atoms with Gasteiger partial charge < -0.3 is 56.0 Å². The van der Waals surface area contributed by atoms with Gasteiger partial charge in [0.05, 0.1) is 25.6 Å². The van der Waals surface area contributed by atoms with Crippen molar-refractivity contribution >= 4 is 69.1 Å². The normalized spacial score (nSPS) is 21.2. The van der Waals surface area contributed by atoms with Gasteiger partial charge in [-0.05, 0) is 25.7 Å². The molecule has 0 spiro atoms. The molecular weight excluding hydrogens is 931 g/mol. The highest BCUT2D eigenvalue weighted by molar-refractivity contribution is 8.13. The number of nitrogen functional groups attached to an aromatic ring is 1. The van der Waals surface area contributed by atoms with Crippen LogP contribution in [0.5, 0.6) is 0 Å². The quantitative estimate of drug-likeness (QED) is 0.0316. The van der Waals surface area contributed by atoms with Crippen LogP contribution < -0.4 is 16.4 Å². The van der Waals surface area contributed by atoms with Crippen LogP contribution in [0.3, 0.4) is 0 Å². The first-order valence-electron chi connectivity index (χ1n) is 20.0. The van der Waals surface area contributed by atoms with Gasteiger partial charge in [0.15, 0.2) is 22.8 Å². The Hall–Kier alpha value is -3.00. The second kappa shape index (κ2) is 25.8. The number of aromatic nitrogens is 4. The second-order valence-corrected chi connectivity index (χ2v) is 20.5. The summed E-state index contributed by atoms with van der Waals surface area (Å²) in [7, 11) is -16.4. The van der Waals surface area contributed by atoms with Gasteiger partial charge in [-0.1, -0.05) is 69.7 Å². The van der Waals surface area contributed by atoms with Crippen molar-refractivity contribution in [1.82, 2.24) is 30.2 Å². The number of thioether (sulfide) groups is 1. The molecule has 3 rings (SSSR count). The zero-order valence-electron chi connectivity index (χ0n) is 35.4. The van der Waals surface area contributed by atoms with Gasteiger partial charge in [0.1, 0.15) is 36.3 Å². The van der Waals surface area contributed by atoms with E-state index in [1.54, 1.807) is 0 Å². The molecule has 1 aliphatic heterocycles. The fourth-order valence-corrected chi connectivity index (χ4v) is 9.34. The van der Waals surface area contributed by atoms with Gasteiger partial charge in [0, 0.05) is 37.1 Å². The number of nitrogens with two attached hydrogens (primary N) is 1. The summed E-state index contributed by atoms with van der Waals surface area (Å²) in [5.41, 5.74) is 4.25. The fourth-order valence-electron chi connectivity index (χ4n) is 5.79. The molecule has 3 heterocycles. The third-order valence-corrected chi connectivity index (χ3v) is 13.2. The Bertz CT molecular complexity index is 2060. The van der Waals surface area contributed by atoms with Crippen molar-refractivity contribution in [2.24, 2.45) is 5.41 Å². The summed E-state index contributed by atoms with van der Waals surface area (Å²) in [6.07, 6.45) is 5.29. The van der Waals surface area contributed by atoms with Gasteiger partial charge in [0.2, 0.25) is 11.8 Å². The van der Waals surface area contributed by atoms with Crippen LogP contribution in [0.15, 0.2) is 37.0 Å². The minimum Gasteiger partial charge on any atom is -0.393 e. The van der Waals surface area contributed by atoms with Crippen LogP contribution >= 0.6 is 35.2 Å². The predicted octanol–water partition coefficient (Wildman–Crippen LogP) is 1.89. The molecule has 1 saturated heterocycles. The van der Waals surface area contributed by atoms with Gasteiger partial charge in [-0.15, -0.1) is 0 Å². The average Bonchev–Trinajstić information content (AvgIpc) is 3.77. The largest absolute Gasteiger partial charge is 0.481 e. The molecule has 2 aromatic rings.